The fourth-order valence-corrected chi connectivity index (χ4v) is 3.11. The number of aryl methyl sites for hydroxylation is 1. The van der Waals surface area contributed by atoms with E-state index in [9.17, 15) is 0 Å². The van der Waals surface area contributed by atoms with Crippen LogP contribution in [0.25, 0.3) is 11.0 Å². The molecule has 0 amide bonds. The minimum atomic E-state index is 0.375. The zero-order valence-corrected chi connectivity index (χ0v) is 16.4. The summed E-state index contributed by atoms with van der Waals surface area (Å²) in [7, 11) is 1.31. The van der Waals surface area contributed by atoms with Gasteiger partial charge in [-0.05, 0) is 63.3 Å². The van der Waals surface area contributed by atoms with Crippen molar-refractivity contribution in [1.82, 2.24) is 0 Å². The summed E-state index contributed by atoms with van der Waals surface area (Å²) in [5.74, 6) is 0.911. The molecule has 1 heterocycles. The number of halogens is 1. The number of hydrogen-bond donors (Lipinski definition) is 1. The molecule has 2 N–H and O–H groups in total. The number of carbonyl (C=O) groups excluding carboxylic acids is 1. The Morgan fingerprint density at radius 3 is 2.62 bits per heavy atom. The molecule has 0 aliphatic carbocycles. The summed E-state index contributed by atoms with van der Waals surface area (Å²) in [6, 6.07) is 12.2. The van der Waals surface area contributed by atoms with Crippen molar-refractivity contribution < 1.29 is 18.7 Å². The third-order valence-corrected chi connectivity index (χ3v) is 4.39. The molecule has 2 aromatic carbocycles. The summed E-state index contributed by atoms with van der Waals surface area (Å²) in [6.45, 7) is 3.53. The monoisotopic (exact) mass is 419 g/mol. The summed E-state index contributed by atoms with van der Waals surface area (Å²) in [6.07, 6.45) is 2.63. The maximum Gasteiger partial charge on any atom is 0.292 e. The maximum atomic E-state index is 8.95. The molecule has 6 heteroatoms. The van der Waals surface area contributed by atoms with Crippen LogP contribution in [-0.2, 0) is 29.1 Å². The van der Waals surface area contributed by atoms with E-state index in [1.165, 1.54) is 12.7 Å². The van der Waals surface area contributed by atoms with Gasteiger partial charge in [0.05, 0.1) is 17.8 Å². The number of methoxy groups -OCH3 is 1. The van der Waals surface area contributed by atoms with Crippen molar-refractivity contribution in [3.63, 3.8) is 0 Å². The highest BCUT2D eigenvalue weighted by Crippen LogP contribution is 2.28. The highest BCUT2D eigenvalue weighted by molar-refractivity contribution is 9.10. The summed E-state index contributed by atoms with van der Waals surface area (Å²) in [5.41, 5.74) is 9.95. The lowest BCUT2D eigenvalue weighted by Crippen LogP contribution is -2.02. The van der Waals surface area contributed by atoms with Gasteiger partial charge in [0, 0.05) is 11.9 Å². The van der Waals surface area contributed by atoms with Crippen molar-refractivity contribution in [2.75, 3.05) is 7.11 Å². The molecule has 5 nitrogen and oxygen atoms in total. The average molecular weight is 420 g/mol. The molecule has 0 aliphatic heterocycles. The van der Waals surface area contributed by atoms with Crippen LogP contribution in [0.4, 0.5) is 0 Å². The molecule has 3 rings (SSSR count). The predicted octanol–water partition coefficient (Wildman–Crippen LogP) is 4.58. The van der Waals surface area contributed by atoms with Crippen LogP contribution in [-0.4, -0.2) is 13.6 Å². The molecule has 3 aromatic rings. The van der Waals surface area contributed by atoms with Gasteiger partial charge in [0.2, 0.25) is 0 Å². The van der Waals surface area contributed by atoms with Crippen LogP contribution < -0.4 is 10.5 Å². The Labute approximate surface area is 161 Å². The summed E-state index contributed by atoms with van der Waals surface area (Å²) in [5, 5.41) is 1.07. The number of carbonyl (C=O) groups is 1. The topological polar surface area (TPSA) is 74.7 Å². The van der Waals surface area contributed by atoms with Gasteiger partial charge in [-0.2, -0.15) is 0 Å². The van der Waals surface area contributed by atoms with Crippen LogP contribution in [0.15, 0.2) is 51.6 Å². The summed E-state index contributed by atoms with van der Waals surface area (Å²) in [4.78, 5) is 8.95. The second-order valence-corrected chi connectivity index (χ2v) is 6.39. The zero-order valence-electron chi connectivity index (χ0n) is 14.8. The molecule has 0 fully saturated rings. The van der Waals surface area contributed by atoms with E-state index in [-0.39, 0.29) is 0 Å². The SMILES string of the molecule is CCc1ccc(CN)cc1OCc1cc(Br)c2occc2c1.COC=O. The molecular formula is C20H22BrNO4. The average Bonchev–Trinajstić information content (AvgIpc) is 3.15. The number of furan rings is 1. The van der Waals surface area contributed by atoms with Crippen LogP contribution in [0.2, 0.25) is 0 Å². The van der Waals surface area contributed by atoms with Gasteiger partial charge in [0.1, 0.15) is 17.9 Å². The van der Waals surface area contributed by atoms with Crippen molar-refractivity contribution in [2.45, 2.75) is 26.5 Å². The van der Waals surface area contributed by atoms with Crippen LogP contribution in [0.1, 0.15) is 23.6 Å². The predicted molar refractivity (Wildman–Crippen MR) is 105 cm³/mol. The second kappa shape index (κ2) is 9.99. The van der Waals surface area contributed by atoms with Gasteiger partial charge in [-0.25, -0.2) is 0 Å². The zero-order chi connectivity index (χ0) is 18.9. The standard InChI is InChI=1S/C18H18BrNO2.C2H4O2/c1-2-14-4-3-12(10-20)9-17(14)22-11-13-7-15-5-6-21-18(15)16(19)8-13;1-4-2-3/h3-9H,2,10-11,20H2,1H3;2H,1H3. The first-order chi connectivity index (χ1) is 12.6. The van der Waals surface area contributed by atoms with Crippen molar-refractivity contribution in [2.24, 2.45) is 5.73 Å². The lowest BCUT2D eigenvalue weighted by Gasteiger charge is -2.12. The Morgan fingerprint density at radius 2 is 1.96 bits per heavy atom. The molecule has 138 valence electrons. The number of nitrogens with two attached hydrogens (primary N) is 1. The van der Waals surface area contributed by atoms with E-state index in [1.54, 1.807) is 6.26 Å². The first-order valence-corrected chi connectivity index (χ1v) is 8.99. The van der Waals surface area contributed by atoms with E-state index in [1.807, 2.05) is 18.2 Å². The number of ether oxygens (including phenoxy) is 2. The molecule has 0 unspecified atom stereocenters. The van der Waals surface area contributed by atoms with Gasteiger partial charge in [-0.15, -0.1) is 0 Å². The first-order valence-electron chi connectivity index (χ1n) is 8.19. The van der Waals surface area contributed by atoms with Crippen LogP contribution in [0.5, 0.6) is 5.75 Å². The highest BCUT2D eigenvalue weighted by Gasteiger charge is 2.08. The van der Waals surface area contributed by atoms with Crippen molar-refractivity contribution >= 4 is 33.4 Å². The smallest absolute Gasteiger partial charge is 0.292 e. The van der Waals surface area contributed by atoms with Gasteiger partial charge >= 0.3 is 0 Å². The second-order valence-electron chi connectivity index (χ2n) is 5.54. The minimum Gasteiger partial charge on any atom is -0.489 e. The largest absolute Gasteiger partial charge is 0.489 e. The Morgan fingerprint density at radius 1 is 1.19 bits per heavy atom. The highest BCUT2D eigenvalue weighted by atomic mass is 79.9. The molecule has 1 aromatic heterocycles. The van der Waals surface area contributed by atoms with Gasteiger partial charge in [-0.1, -0.05) is 19.1 Å². The Kier molecular flexibility index (Phi) is 7.69. The molecule has 0 saturated carbocycles. The molecule has 26 heavy (non-hydrogen) atoms. The molecule has 0 bridgehead atoms. The van der Waals surface area contributed by atoms with Crippen LogP contribution in [0, 0.1) is 0 Å². The fraction of sp³-hybridized carbons (Fsp3) is 0.250. The number of rotatable bonds is 6. The van der Waals surface area contributed by atoms with Crippen molar-refractivity contribution in [3.05, 3.63) is 63.8 Å². The minimum absolute atomic E-state index is 0.375. The number of hydrogen-bond acceptors (Lipinski definition) is 5. The van der Waals surface area contributed by atoms with Gasteiger partial charge in [-0.3, -0.25) is 4.79 Å². The molecule has 0 saturated heterocycles. The molecule has 0 aliphatic rings. The summed E-state index contributed by atoms with van der Waals surface area (Å²) >= 11 is 3.54. The van der Waals surface area contributed by atoms with E-state index in [2.05, 4.69) is 45.8 Å². The van der Waals surface area contributed by atoms with Crippen molar-refractivity contribution in [1.29, 1.82) is 0 Å². The van der Waals surface area contributed by atoms with Crippen molar-refractivity contribution in [3.8, 4) is 5.75 Å². The van der Waals surface area contributed by atoms with E-state index in [4.69, 9.17) is 19.7 Å². The number of benzene rings is 2. The quantitative estimate of drug-likeness (QED) is 0.591. The molecule has 0 radical (unpaired) electrons. The Hall–Kier alpha value is -2.31. The Balaban J connectivity index is 0.000000552. The fourth-order valence-electron chi connectivity index (χ4n) is 2.49. The summed E-state index contributed by atoms with van der Waals surface area (Å²) < 4.78 is 16.3. The molecule has 0 atom stereocenters. The van der Waals surface area contributed by atoms with E-state index in [0.717, 1.165) is 38.7 Å². The van der Waals surface area contributed by atoms with Gasteiger partial charge in [0.25, 0.3) is 6.47 Å². The van der Waals surface area contributed by atoms with Gasteiger partial charge < -0.3 is 19.6 Å². The molecular weight excluding hydrogens is 398 g/mol. The third-order valence-electron chi connectivity index (χ3n) is 3.80. The van der Waals surface area contributed by atoms with Crippen LogP contribution >= 0.6 is 15.9 Å². The lowest BCUT2D eigenvalue weighted by atomic mass is 10.1. The normalized spacial score (nSPS) is 10.2. The maximum absolute atomic E-state index is 8.95. The van der Waals surface area contributed by atoms with E-state index < -0.39 is 0 Å². The lowest BCUT2D eigenvalue weighted by molar-refractivity contribution is -0.126. The van der Waals surface area contributed by atoms with Gasteiger partial charge in [0.15, 0.2) is 0 Å². The number of fused-ring (bicyclic) bond motifs is 1. The molecule has 0 spiro atoms. The van der Waals surface area contributed by atoms with Crippen LogP contribution in [0.3, 0.4) is 0 Å². The Bertz CT molecular complexity index is 860. The van der Waals surface area contributed by atoms with E-state index >= 15 is 0 Å². The third kappa shape index (κ3) is 5.09. The first kappa shape index (κ1) is 20.0. The van der Waals surface area contributed by atoms with E-state index in [0.29, 0.717) is 19.6 Å².